The lowest BCUT2D eigenvalue weighted by molar-refractivity contribution is 0.896. The first kappa shape index (κ1) is 10.9. The first-order valence-electron chi connectivity index (χ1n) is 4.30. The third-order valence-corrected chi connectivity index (χ3v) is 6.63. The molecular weight excluding hydrogens is 259 g/mol. The van der Waals surface area contributed by atoms with Crippen molar-refractivity contribution < 1.29 is 0 Å². The molecule has 0 saturated carbocycles. The van der Waals surface area contributed by atoms with Crippen LogP contribution in [0.5, 0.6) is 0 Å². The van der Waals surface area contributed by atoms with Gasteiger partial charge in [-0.2, -0.15) is 4.98 Å². The Hall–Kier alpha value is 0.360. The third kappa shape index (κ3) is 2.69. The zero-order chi connectivity index (χ0) is 9.97. The fraction of sp³-hybridized carbons (Fsp3) is 0.500. The van der Waals surface area contributed by atoms with Gasteiger partial charge in [0.25, 0.3) is 5.03 Å². The van der Waals surface area contributed by atoms with Gasteiger partial charge in [0.2, 0.25) is 5.28 Å². The molecule has 2 rings (SSSR count). The van der Waals surface area contributed by atoms with E-state index in [1.807, 2.05) is 16.9 Å². The normalized spacial score (nSPS) is 22.3. The molecule has 76 valence electrons. The van der Waals surface area contributed by atoms with E-state index in [1.54, 1.807) is 0 Å². The summed E-state index contributed by atoms with van der Waals surface area (Å²) in [6.07, 6.45) is 2.58. The summed E-state index contributed by atoms with van der Waals surface area (Å²) in [5.41, 5.74) is 0. The Morgan fingerprint density at radius 1 is 1.29 bits per heavy atom. The maximum absolute atomic E-state index is 5.83. The summed E-state index contributed by atoms with van der Waals surface area (Å²) >= 11 is 11.6. The Balaban J connectivity index is 2.21. The highest BCUT2D eigenvalue weighted by Crippen LogP contribution is 2.32. The summed E-state index contributed by atoms with van der Waals surface area (Å²) in [5.74, 6) is 2.40. The van der Waals surface area contributed by atoms with Gasteiger partial charge in [0.1, 0.15) is 20.8 Å². The molecule has 0 aliphatic carbocycles. The van der Waals surface area contributed by atoms with Crippen LogP contribution < -0.4 is 0 Å². The molecule has 1 aromatic heterocycles. The van der Waals surface area contributed by atoms with Crippen molar-refractivity contribution in [3.63, 3.8) is 0 Å². The van der Waals surface area contributed by atoms with E-state index >= 15 is 0 Å². The highest BCUT2D eigenvalue weighted by molar-refractivity contribution is 8.74. The molecular formula is C8H9Cl2N2S2+. The van der Waals surface area contributed by atoms with Gasteiger partial charge < -0.3 is 0 Å². The number of halogens is 2. The van der Waals surface area contributed by atoms with E-state index in [-0.39, 0.29) is 15.2 Å². The van der Waals surface area contributed by atoms with E-state index in [0.29, 0.717) is 5.15 Å². The van der Waals surface area contributed by atoms with Crippen LogP contribution in [0.4, 0.5) is 0 Å². The standard InChI is InChI=1S/C8H9Cl2N2S2/c9-6-5-7(12-8(10)11-6)14-4-2-1-3-13-14/h5H,1-4H2/q+1. The number of hydrogen-bond acceptors (Lipinski definition) is 3. The van der Waals surface area contributed by atoms with E-state index in [9.17, 15) is 0 Å². The molecule has 1 saturated heterocycles. The van der Waals surface area contributed by atoms with Gasteiger partial charge in [-0.15, -0.1) is 0 Å². The minimum absolute atomic E-state index is 0.168. The molecule has 1 fully saturated rings. The highest BCUT2D eigenvalue weighted by atomic mass is 35.5. The van der Waals surface area contributed by atoms with Gasteiger partial charge >= 0.3 is 0 Å². The van der Waals surface area contributed by atoms with Gasteiger partial charge in [-0.05, 0) is 24.4 Å². The molecule has 0 N–H and O–H groups in total. The second kappa shape index (κ2) is 4.92. The molecule has 0 amide bonds. The van der Waals surface area contributed by atoms with Crippen LogP contribution in [-0.4, -0.2) is 21.5 Å². The summed E-state index contributed by atoms with van der Waals surface area (Å²) in [6, 6.07) is 1.83. The minimum atomic E-state index is 0.168. The van der Waals surface area contributed by atoms with Crippen LogP contribution in [0, 0.1) is 0 Å². The fourth-order valence-electron chi connectivity index (χ4n) is 1.21. The van der Waals surface area contributed by atoms with Crippen molar-refractivity contribution in [3.8, 4) is 0 Å². The van der Waals surface area contributed by atoms with Crippen LogP contribution in [-0.2, 0) is 9.93 Å². The van der Waals surface area contributed by atoms with Gasteiger partial charge in [-0.1, -0.05) is 11.6 Å². The van der Waals surface area contributed by atoms with Gasteiger partial charge in [-0.25, -0.2) is 4.98 Å². The van der Waals surface area contributed by atoms with Crippen molar-refractivity contribution in [3.05, 3.63) is 16.5 Å². The molecule has 2 heterocycles. The van der Waals surface area contributed by atoms with E-state index in [2.05, 4.69) is 9.97 Å². The van der Waals surface area contributed by atoms with Gasteiger partial charge in [0.05, 0.1) is 16.9 Å². The van der Waals surface area contributed by atoms with E-state index < -0.39 is 0 Å². The summed E-state index contributed by atoms with van der Waals surface area (Å²) in [7, 11) is 2.12. The number of aromatic nitrogens is 2. The Morgan fingerprint density at radius 2 is 2.14 bits per heavy atom. The van der Waals surface area contributed by atoms with Crippen LogP contribution in [0.3, 0.4) is 0 Å². The molecule has 0 aromatic carbocycles. The number of rotatable bonds is 1. The van der Waals surface area contributed by atoms with Crippen LogP contribution in [0.25, 0.3) is 0 Å². The second-order valence-electron chi connectivity index (χ2n) is 2.88. The van der Waals surface area contributed by atoms with Crippen LogP contribution in [0.1, 0.15) is 12.8 Å². The maximum Gasteiger partial charge on any atom is 0.265 e. The Bertz CT molecular complexity index is 309. The molecule has 0 spiro atoms. The van der Waals surface area contributed by atoms with Gasteiger partial charge in [0.15, 0.2) is 0 Å². The lowest BCUT2D eigenvalue weighted by Gasteiger charge is -2.09. The average molecular weight is 268 g/mol. The van der Waals surface area contributed by atoms with Crippen molar-refractivity contribution in [1.82, 2.24) is 9.97 Å². The third-order valence-electron chi connectivity index (χ3n) is 1.83. The number of nitrogens with zero attached hydrogens (tertiary/aromatic N) is 2. The van der Waals surface area contributed by atoms with Gasteiger partial charge in [-0.3, -0.25) is 0 Å². The molecule has 1 atom stereocenters. The number of hydrogen-bond donors (Lipinski definition) is 0. The quantitative estimate of drug-likeness (QED) is 0.338. The summed E-state index contributed by atoms with van der Waals surface area (Å²) < 4.78 is 0. The van der Waals surface area contributed by atoms with Crippen LogP contribution in [0.15, 0.2) is 11.1 Å². The smallest absolute Gasteiger partial charge is 0.206 e. The van der Waals surface area contributed by atoms with E-state index in [1.165, 1.54) is 24.3 Å². The van der Waals surface area contributed by atoms with Crippen molar-refractivity contribution in [2.24, 2.45) is 0 Å². The molecule has 0 radical (unpaired) electrons. The minimum Gasteiger partial charge on any atom is -0.206 e. The summed E-state index contributed by atoms with van der Waals surface area (Å²) in [4.78, 5) is 8.06. The first-order chi connectivity index (χ1) is 6.75. The highest BCUT2D eigenvalue weighted by Gasteiger charge is 2.29. The van der Waals surface area contributed by atoms with Crippen molar-refractivity contribution in [2.45, 2.75) is 17.9 Å². The van der Waals surface area contributed by atoms with E-state index in [0.717, 1.165) is 5.03 Å². The van der Waals surface area contributed by atoms with Crippen LogP contribution in [0.2, 0.25) is 10.4 Å². The molecule has 1 aromatic rings. The summed E-state index contributed by atoms with van der Waals surface area (Å²) in [6.45, 7) is 0. The molecule has 1 aliphatic heterocycles. The Labute approximate surface area is 99.5 Å². The first-order valence-corrected chi connectivity index (χ1v) is 7.95. The van der Waals surface area contributed by atoms with Crippen molar-refractivity contribution >= 4 is 43.9 Å². The molecule has 1 unspecified atom stereocenters. The zero-order valence-corrected chi connectivity index (χ0v) is 10.5. The Kier molecular flexibility index (Phi) is 3.82. The monoisotopic (exact) mass is 267 g/mol. The maximum atomic E-state index is 5.83. The largest absolute Gasteiger partial charge is 0.265 e. The Morgan fingerprint density at radius 3 is 2.79 bits per heavy atom. The lowest BCUT2D eigenvalue weighted by atomic mass is 10.4. The van der Waals surface area contributed by atoms with Crippen molar-refractivity contribution in [2.75, 3.05) is 11.5 Å². The van der Waals surface area contributed by atoms with Crippen LogP contribution >= 0.6 is 34.0 Å². The van der Waals surface area contributed by atoms with E-state index in [4.69, 9.17) is 23.2 Å². The average Bonchev–Trinajstić information content (AvgIpc) is 2.18. The fourth-order valence-corrected chi connectivity index (χ4v) is 5.88. The second-order valence-corrected chi connectivity index (χ2v) is 7.68. The predicted octanol–water partition coefficient (Wildman–Crippen LogP) is 3.20. The molecule has 2 nitrogen and oxygen atoms in total. The zero-order valence-electron chi connectivity index (χ0n) is 7.37. The predicted molar refractivity (Wildman–Crippen MR) is 64.2 cm³/mol. The lowest BCUT2D eigenvalue weighted by Crippen LogP contribution is -2.12. The molecule has 14 heavy (non-hydrogen) atoms. The summed E-state index contributed by atoms with van der Waals surface area (Å²) in [5, 5.41) is 1.70. The topological polar surface area (TPSA) is 25.8 Å². The van der Waals surface area contributed by atoms with Gasteiger partial charge in [0, 0.05) is 5.75 Å². The molecule has 0 bridgehead atoms. The molecule has 6 heteroatoms. The SMILES string of the molecule is Clc1cc([S+]2CCCCS2)nc(Cl)n1. The van der Waals surface area contributed by atoms with Crippen molar-refractivity contribution in [1.29, 1.82) is 0 Å². The molecule has 1 aliphatic rings.